The minimum Gasteiger partial charge on any atom is -0.465 e. The number of esters is 1. The number of ether oxygens (including phenoxy) is 1. The van der Waals surface area contributed by atoms with Crippen molar-refractivity contribution in [3.8, 4) is 0 Å². The Morgan fingerprint density at radius 2 is 1.83 bits per heavy atom. The second-order valence-corrected chi connectivity index (χ2v) is 5.22. The number of hydrogen-bond acceptors (Lipinski definition) is 4. The molecule has 9 heteroatoms. The second-order valence-electron chi connectivity index (χ2n) is 4.39. The third kappa shape index (κ3) is 3.46. The van der Waals surface area contributed by atoms with Crippen LogP contribution in [-0.2, 0) is 16.0 Å². The molecule has 0 aliphatic carbocycles. The molecule has 0 radical (unpaired) electrons. The molecule has 3 N–H and O–H groups in total. The lowest BCUT2D eigenvalue weighted by molar-refractivity contribution is 0.0595. The predicted molar refractivity (Wildman–Crippen MR) is 81.5 cm³/mol. The van der Waals surface area contributed by atoms with E-state index in [1.807, 2.05) is 0 Å². The highest BCUT2D eigenvalue weighted by Crippen LogP contribution is 2.31. The molecule has 0 spiro atoms. The van der Waals surface area contributed by atoms with Crippen LogP contribution >= 0.6 is 0 Å². The van der Waals surface area contributed by atoms with Gasteiger partial charge in [-0.05, 0) is 30.3 Å². The molecule has 0 aromatic heterocycles. The first kappa shape index (κ1) is 16.8. The molecule has 0 amide bonds. The van der Waals surface area contributed by atoms with Crippen LogP contribution in [0.1, 0.15) is 10.4 Å². The number of hydrogen-bond donors (Lipinski definition) is 2. The lowest BCUT2D eigenvalue weighted by Gasteiger charge is -2.21. The molecule has 0 heterocycles. The van der Waals surface area contributed by atoms with Crippen molar-refractivity contribution in [3.05, 3.63) is 53.6 Å². The van der Waals surface area contributed by atoms with Crippen LogP contribution in [0.4, 0.5) is 25.8 Å². The van der Waals surface area contributed by atoms with E-state index in [1.54, 1.807) is 0 Å². The lowest BCUT2D eigenvalue weighted by Crippen LogP contribution is -2.21. The molecular formula is C14H12F2N2O4S. The summed E-state index contributed by atoms with van der Waals surface area (Å²) in [5.74, 6) is -3.21. The normalized spacial score (nSPS) is 11.8. The molecule has 0 aliphatic heterocycles. The smallest absolute Gasteiger partial charge is 0.340 e. The zero-order valence-corrected chi connectivity index (χ0v) is 12.6. The summed E-state index contributed by atoms with van der Waals surface area (Å²) in [5, 5.41) is 0. The van der Waals surface area contributed by atoms with Crippen molar-refractivity contribution in [1.82, 2.24) is 0 Å². The van der Waals surface area contributed by atoms with E-state index in [2.05, 4.69) is 4.74 Å². The minimum absolute atomic E-state index is 0.115. The Morgan fingerprint density at radius 3 is 2.35 bits per heavy atom. The zero-order chi connectivity index (χ0) is 17.1. The monoisotopic (exact) mass is 342 g/mol. The Labute approximate surface area is 132 Å². The lowest BCUT2D eigenvalue weighted by atomic mass is 10.1. The number of nitrogens with two attached hydrogens (primary N) is 1. The van der Waals surface area contributed by atoms with Gasteiger partial charge < -0.3 is 10.5 Å². The highest BCUT2D eigenvalue weighted by atomic mass is 32.2. The Morgan fingerprint density at radius 1 is 1.22 bits per heavy atom. The van der Waals surface area contributed by atoms with Crippen LogP contribution in [-0.4, -0.2) is 21.8 Å². The summed E-state index contributed by atoms with van der Waals surface area (Å²) in [7, 11) is 1.02. The molecule has 0 aliphatic rings. The average molecular weight is 342 g/mol. The van der Waals surface area contributed by atoms with Crippen molar-refractivity contribution in [2.24, 2.45) is 0 Å². The second kappa shape index (κ2) is 6.71. The van der Waals surface area contributed by atoms with E-state index in [-0.39, 0.29) is 5.69 Å². The predicted octanol–water partition coefficient (Wildman–Crippen LogP) is 2.61. The van der Waals surface area contributed by atoms with Gasteiger partial charge in [-0.25, -0.2) is 22.1 Å². The van der Waals surface area contributed by atoms with E-state index in [0.717, 1.165) is 7.11 Å². The van der Waals surface area contributed by atoms with Gasteiger partial charge >= 0.3 is 5.97 Å². The molecule has 1 atom stereocenters. The number of benzene rings is 2. The number of nitrogen functional groups attached to an aromatic ring is 1. The van der Waals surface area contributed by atoms with Crippen LogP contribution in [0.3, 0.4) is 0 Å². The van der Waals surface area contributed by atoms with Crippen LogP contribution in [0.2, 0.25) is 0 Å². The van der Waals surface area contributed by atoms with E-state index in [1.165, 1.54) is 24.3 Å². The highest BCUT2D eigenvalue weighted by Gasteiger charge is 2.23. The first-order valence-electron chi connectivity index (χ1n) is 6.19. The number of carbonyl (C=O) groups excluding carboxylic acids is 1. The summed E-state index contributed by atoms with van der Waals surface area (Å²) < 4.78 is 54.1. The van der Waals surface area contributed by atoms with Crippen molar-refractivity contribution in [3.63, 3.8) is 0 Å². The van der Waals surface area contributed by atoms with Crippen molar-refractivity contribution >= 4 is 34.3 Å². The molecule has 2 rings (SSSR count). The van der Waals surface area contributed by atoms with Crippen LogP contribution in [0, 0.1) is 11.6 Å². The van der Waals surface area contributed by atoms with Crippen molar-refractivity contribution in [2.75, 3.05) is 17.1 Å². The van der Waals surface area contributed by atoms with Gasteiger partial charge in [0.25, 0.3) is 11.3 Å². The largest absolute Gasteiger partial charge is 0.465 e. The molecule has 0 saturated carbocycles. The van der Waals surface area contributed by atoms with Crippen molar-refractivity contribution < 1.29 is 27.1 Å². The van der Waals surface area contributed by atoms with Crippen LogP contribution in [0.25, 0.3) is 0 Å². The molecule has 6 nitrogen and oxygen atoms in total. The summed E-state index contributed by atoms with van der Waals surface area (Å²) in [6.07, 6.45) is 0. The van der Waals surface area contributed by atoms with E-state index in [9.17, 15) is 22.3 Å². The van der Waals surface area contributed by atoms with E-state index >= 15 is 0 Å². The van der Waals surface area contributed by atoms with Gasteiger partial charge in [0.15, 0.2) is 0 Å². The van der Waals surface area contributed by atoms with Crippen LogP contribution in [0.15, 0.2) is 36.4 Å². The van der Waals surface area contributed by atoms with E-state index in [0.29, 0.717) is 22.1 Å². The third-order valence-electron chi connectivity index (χ3n) is 2.94. The van der Waals surface area contributed by atoms with Crippen LogP contribution in [0.5, 0.6) is 0 Å². The van der Waals surface area contributed by atoms with Gasteiger partial charge in [-0.2, -0.15) is 0 Å². The standard InChI is InChI=1S/C14H12F2N2O4S/c1-22-14(19)10-6-12(16)13(7-11(10)15)18(23(20)21)9-4-2-8(17)3-5-9/h2-7H,17H2,1H3,(H,20,21). The van der Waals surface area contributed by atoms with Gasteiger partial charge in [-0.1, -0.05) is 0 Å². The third-order valence-corrected chi connectivity index (χ3v) is 3.66. The molecule has 0 fully saturated rings. The summed E-state index contributed by atoms with van der Waals surface area (Å²) in [6.45, 7) is 0. The summed E-state index contributed by atoms with van der Waals surface area (Å²) >= 11 is -2.68. The molecule has 23 heavy (non-hydrogen) atoms. The van der Waals surface area contributed by atoms with Gasteiger partial charge in [0.2, 0.25) is 0 Å². The number of rotatable bonds is 4. The molecule has 2 aromatic rings. The Kier molecular flexibility index (Phi) is 4.92. The van der Waals surface area contributed by atoms with Gasteiger partial charge in [-0.15, -0.1) is 0 Å². The maximum atomic E-state index is 14.2. The fourth-order valence-electron chi connectivity index (χ4n) is 1.88. The number of carbonyl (C=O) groups is 1. The number of anilines is 3. The first-order chi connectivity index (χ1) is 10.8. The highest BCUT2D eigenvalue weighted by molar-refractivity contribution is 7.81. The Bertz CT molecular complexity index is 768. The average Bonchev–Trinajstić information content (AvgIpc) is 2.51. The SMILES string of the molecule is COC(=O)c1cc(F)c(N(c2ccc(N)cc2)S(=O)O)cc1F. The maximum absolute atomic E-state index is 14.2. The van der Waals surface area contributed by atoms with Gasteiger partial charge in [-0.3, -0.25) is 4.55 Å². The van der Waals surface area contributed by atoms with Gasteiger partial charge in [0, 0.05) is 11.8 Å². The fourth-order valence-corrected chi connectivity index (χ4v) is 2.49. The molecular weight excluding hydrogens is 330 g/mol. The van der Waals surface area contributed by atoms with Gasteiger partial charge in [0.05, 0.1) is 24.0 Å². The maximum Gasteiger partial charge on any atom is 0.340 e. The zero-order valence-electron chi connectivity index (χ0n) is 11.8. The van der Waals surface area contributed by atoms with Crippen molar-refractivity contribution in [1.29, 1.82) is 0 Å². The van der Waals surface area contributed by atoms with E-state index in [4.69, 9.17) is 5.73 Å². The quantitative estimate of drug-likeness (QED) is 0.506. The topological polar surface area (TPSA) is 92.9 Å². The number of nitrogens with zero attached hydrogens (tertiary/aromatic N) is 1. The molecule has 0 saturated heterocycles. The Balaban J connectivity index is 2.56. The summed E-state index contributed by atoms with van der Waals surface area (Å²) in [6, 6.07) is 6.86. The fraction of sp³-hybridized carbons (Fsp3) is 0.0714. The number of methoxy groups -OCH3 is 1. The Hall–Kier alpha value is -2.52. The van der Waals surface area contributed by atoms with Crippen molar-refractivity contribution in [2.45, 2.75) is 0 Å². The van der Waals surface area contributed by atoms with Crippen LogP contribution < -0.4 is 10.0 Å². The minimum atomic E-state index is -2.68. The van der Waals surface area contributed by atoms with E-state index < -0.39 is 40.1 Å². The first-order valence-corrected chi connectivity index (χ1v) is 7.25. The summed E-state index contributed by atoms with van der Waals surface area (Å²) in [5.41, 5.74) is 4.90. The summed E-state index contributed by atoms with van der Waals surface area (Å²) in [4.78, 5) is 11.3. The molecule has 0 bridgehead atoms. The molecule has 1 unspecified atom stereocenters. The number of halogens is 2. The van der Waals surface area contributed by atoms with Gasteiger partial charge in [0.1, 0.15) is 11.6 Å². The molecule has 2 aromatic carbocycles. The molecule has 122 valence electrons.